The fraction of sp³-hybridized carbons (Fsp3) is 0.174. The van der Waals surface area contributed by atoms with Gasteiger partial charge >= 0.3 is 0 Å². The van der Waals surface area contributed by atoms with Crippen LogP contribution in [-0.2, 0) is 13.0 Å². The minimum absolute atomic E-state index is 0.128. The van der Waals surface area contributed by atoms with Gasteiger partial charge in [0.2, 0.25) is 0 Å². The molecule has 0 spiro atoms. The van der Waals surface area contributed by atoms with E-state index in [2.05, 4.69) is 45.2 Å². The van der Waals surface area contributed by atoms with Crippen molar-refractivity contribution in [3.63, 3.8) is 0 Å². The Balaban J connectivity index is 1.61. The molecule has 0 bridgehead atoms. The Labute approximate surface area is 164 Å². The minimum Gasteiger partial charge on any atom is -0.342 e. The Morgan fingerprint density at radius 3 is 2.50 bits per heavy atom. The second-order valence-electron chi connectivity index (χ2n) is 6.78. The zero-order valence-electron chi connectivity index (χ0n) is 15.7. The lowest BCUT2D eigenvalue weighted by Gasteiger charge is -2.16. The van der Waals surface area contributed by atoms with Crippen LogP contribution in [0.1, 0.15) is 34.7 Å². The number of fused-ring (bicyclic) bond motifs is 1. The number of nitrogens with one attached hydrogen (secondary N) is 1. The lowest BCUT2D eigenvalue weighted by atomic mass is 10.1. The maximum absolute atomic E-state index is 12.6. The van der Waals surface area contributed by atoms with Crippen molar-refractivity contribution in [2.75, 3.05) is 0 Å². The van der Waals surface area contributed by atoms with Crippen LogP contribution in [0.25, 0.3) is 11.0 Å². The van der Waals surface area contributed by atoms with Crippen molar-refractivity contribution in [3.05, 3.63) is 96.1 Å². The number of amides is 1. The van der Waals surface area contributed by atoms with Crippen molar-refractivity contribution in [2.45, 2.75) is 25.9 Å². The lowest BCUT2D eigenvalue weighted by Crippen LogP contribution is -2.29. The summed E-state index contributed by atoms with van der Waals surface area (Å²) in [6.45, 7) is 2.77. The molecule has 28 heavy (non-hydrogen) atoms. The number of pyridine rings is 1. The lowest BCUT2D eigenvalue weighted by molar-refractivity contribution is 0.0937. The highest BCUT2D eigenvalue weighted by atomic mass is 16.1. The molecule has 0 radical (unpaired) electrons. The third-order valence-corrected chi connectivity index (χ3v) is 4.83. The van der Waals surface area contributed by atoms with Crippen LogP contribution < -0.4 is 5.32 Å². The molecule has 0 aliphatic rings. The molecule has 1 atom stereocenters. The fourth-order valence-corrected chi connectivity index (χ4v) is 3.39. The molecule has 1 N–H and O–H groups in total. The number of carbonyl (C=O) groups is 1. The molecular weight excluding hydrogens is 348 g/mol. The first-order chi connectivity index (χ1) is 13.7. The van der Waals surface area contributed by atoms with Gasteiger partial charge in [0.1, 0.15) is 5.82 Å². The van der Waals surface area contributed by atoms with Crippen molar-refractivity contribution < 1.29 is 4.79 Å². The van der Waals surface area contributed by atoms with Crippen LogP contribution in [0, 0.1) is 0 Å². The maximum Gasteiger partial charge on any atom is 0.251 e. The number of rotatable bonds is 6. The smallest absolute Gasteiger partial charge is 0.251 e. The molecule has 1 unspecified atom stereocenters. The van der Waals surface area contributed by atoms with Crippen molar-refractivity contribution in [3.8, 4) is 0 Å². The first kappa shape index (κ1) is 17.9. The van der Waals surface area contributed by atoms with Gasteiger partial charge < -0.3 is 9.88 Å². The number of aromatic nitrogens is 3. The highest BCUT2D eigenvalue weighted by Crippen LogP contribution is 2.22. The van der Waals surface area contributed by atoms with E-state index in [1.165, 1.54) is 5.56 Å². The SMILES string of the molecule is CC(NC(=O)c1ccncc1)c1nc2ccccc2n1CCc1ccccc1. The Bertz CT molecular complexity index is 1070. The van der Waals surface area contributed by atoms with Crippen molar-refractivity contribution >= 4 is 16.9 Å². The van der Waals surface area contributed by atoms with Crippen molar-refractivity contribution in [2.24, 2.45) is 0 Å². The number of imidazole rings is 1. The van der Waals surface area contributed by atoms with E-state index in [1.54, 1.807) is 24.5 Å². The molecule has 4 rings (SSSR count). The molecule has 0 saturated heterocycles. The number of para-hydroxylation sites is 2. The van der Waals surface area contributed by atoms with E-state index in [9.17, 15) is 4.79 Å². The molecule has 5 nitrogen and oxygen atoms in total. The summed E-state index contributed by atoms with van der Waals surface area (Å²) in [4.78, 5) is 21.3. The predicted octanol–water partition coefficient (Wildman–Crippen LogP) is 4.17. The third kappa shape index (κ3) is 3.78. The second kappa shape index (κ2) is 8.05. The number of benzene rings is 2. The molecule has 0 fully saturated rings. The number of carbonyl (C=O) groups excluding carboxylic acids is 1. The van der Waals surface area contributed by atoms with Gasteiger partial charge in [0.25, 0.3) is 5.91 Å². The van der Waals surface area contributed by atoms with E-state index in [1.807, 2.05) is 31.2 Å². The summed E-state index contributed by atoms with van der Waals surface area (Å²) in [6.07, 6.45) is 4.14. The molecule has 2 aromatic heterocycles. The van der Waals surface area contributed by atoms with Crippen LogP contribution in [0.2, 0.25) is 0 Å². The van der Waals surface area contributed by atoms with E-state index in [-0.39, 0.29) is 11.9 Å². The van der Waals surface area contributed by atoms with Crippen LogP contribution in [0.15, 0.2) is 79.1 Å². The zero-order chi connectivity index (χ0) is 19.3. The van der Waals surface area contributed by atoms with Gasteiger partial charge in [-0.3, -0.25) is 9.78 Å². The van der Waals surface area contributed by atoms with Crippen LogP contribution in [0.4, 0.5) is 0 Å². The standard InChI is InChI=1S/C23H22N4O/c1-17(25-23(28)19-11-14-24-15-12-19)22-26-20-9-5-6-10-21(20)27(22)16-13-18-7-3-2-4-8-18/h2-12,14-15,17H,13,16H2,1H3,(H,25,28). The van der Waals surface area contributed by atoms with Crippen LogP contribution in [0.5, 0.6) is 0 Å². The summed E-state index contributed by atoms with van der Waals surface area (Å²) in [6, 6.07) is 21.7. The summed E-state index contributed by atoms with van der Waals surface area (Å²) >= 11 is 0. The Morgan fingerprint density at radius 1 is 1.00 bits per heavy atom. The second-order valence-corrected chi connectivity index (χ2v) is 6.78. The number of hydrogen-bond acceptors (Lipinski definition) is 3. The molecule has 0 aliphatic heterocycles. The third-order valence-electron chi connectivity index (χ3n) is 4.83. The number of hydrogen-bond donors (Lipinski definition) is 1. The molecule has 140 valence electrons. The van der Waals surface area contributed by atoms with Gasteiger partial charge in [-0.1, -0.05) is 42.5 Å². The van der Waals surface area contributed by atoms with Crippen LogP contribution >= 0.6 is 0 Å². The van der Waals surface area contributed by atoms with E-state index < -0.39 is 0 Å². The normalized spacial score (nSPS) is 12.0. The van der Waals surface area contributed by atoms with Crippen molar-refractivity contribution in [1.29, 1.82) is 0 Å². The van der Waals surface area contributed by atoms with Gasteiger partial charge in [-0.2, -0.15) is 0 Å². The fourth-order valence-electron chi connectivity index (χ4n) is 3.39. The van der Waals surface area contributed by atoms with Crippen LogP contribution in [-0.4, -0.2) is 20.4 Å². The Morgan fingerprint density at radius 2 is 1.71 bits per heavy atom. The highest BCUT2D eigenvalue weighted by molar-refractivity contribution is 5.94. The summed E-state index contributed by atoms with van der Waals surface area (Å²) in [7, 11) is 0. The van der Waals surface area contributed by atoms with Gasteiger partial charge in [-0.05, 0) is 43.2 Å². The molecule has 1 amide bonds. The average molecular weight is 370 g/mol. The largest absolute Gasteiger partial charge is 0.342 e. The average Bonchev–Trinajstić information content (AvgIpc) is 3.12. The molecule has 0 saturated carbocycles. The first-order valence-corrected chi connectivity index (χ1v) is 9.42. The van der Waals surface area contributed by atoms with Gasteiger partial charge in [-0.25, -0.2) is 4.98 Å². The maximum atomic E-state index is 12.6. The summed E-state index contributed by atoms with van der Waals surface area (Å²) in [5.41, 5.74) is 3.89. The highest BCUT2D eigenvalue weighted by Gasteiger charge is 2.19. The Hall–Kier alpha value is -3.47. The molecule has 2 heterocycles. The number of aryl methyl sites for hydroxylation is 2. The van der Waals surface area contributed by atoms with E-state index in [4.69, 9.17) is 4.98 Å². The molecular formula is C23H22N4O. The van der Waals surface area contributed by atoms with Gasteiger partial charge in [0.05, 0.1) is 17.1 Å². The summed E-state index contributed by atoms with van der Waals surface area (Å²) in [5, 5.41) is 3.06. The topological polar surface area (TPSA) is 59.8 Å². The Kier molecular flexibility index (Phi) is 5.15. The summed E-state index contributed by atoms with van der Waals surface area (Å²) in [5.74, 6) is 0.733. The monoisotopic (exact) mass is 370 g/mol. The number of nitrogens with zero attached hydrogens (tertiary/aromatic N) is 3. The van der Waals surface area contributed by atoms with E-state index >= 15 is 0 Å². The van der Waals surface area contributed by atoms with E-state index in [0.717, 1.165) is 29.8 Å². The van der Waals surface area contributed by atoms with Crippen LogP contribution in [0.3, 0.4) is 0 Å². The predicted molar refractivity (Wildman–Crippen MR) is 110 cm³/mol. The van der Waals surface area contributed by atoms with E-state index in [0.29, 0.717) is 5.56 Å². The zero-order valence-corrected chi connectivity index (χ0v) is 15.7. The molecule has 2 aromatic carbocycles. The van der Waals surface area contributed by atoms with Gasteiger partial charge in [-0.15, -0.1) is 0 Å². The van der Waals surface area contributed by atoms with Crippen molar-refractivity contribution in [1.82, 2.24) is 19.9 Å². The first-order valence-electron chi connectivity index (χ1n) is 9.42. The quantitative estimate of drug-likeness (QED) is 0.554. The van der Waals surface area contributed by atoms with Gasteiger partial charge in [0, 0.05) is 24.5 Å². The van der Waals surface area contributed by atoms with Gasteiger partial charge in [0.15, 0.2) is 0 Å². The summed E-state index contributed by atoms with van der Waals surface area (Å²) < 4.78 is 2.21. The molecule has 4 aromatic rings. The molecule has 5 heteroatoms. The molecule has 0 aliphatic carbocycles. The minimum atomic E-state index is -0.219.